The molecular formula is C18H14Cl2N2O3S. The highest BCUT2D eigenvalue weighted by atomic mass is 35.5. The molecule has 1 heterocycles. The van der Waals surface area contributed by atoms with Gasteiger partial charge in [-0.1, -0.05) is 35.3 Å². The number of carbonyl (C=O) groups excluding carboxylic acids is 1. The number of methoxy groups -OCH3 is 1. The molecule has 1 N–H and O–H groups in total. The van der Waals surface area contributed by atoms with Crippen molar-refractivity contribution in [3.8, 4) is 22.8 Å². The maximum atomic E-state index is 12.1. The van der Waals surface area contributed by atoms with Gasteiger partial charge in [-0.15, -0.1) is 11.3 Å². The second-order valence-electron chi connectivity index (χ2n) is 5.15. The summed E-state index contributed by atoms with van der Waals surface area (Å²) in [7, 11) is 1.60. The number of amides is 1. The monoisotopic (exact) mass is 408 g/mol. The molecule has 134 valence electrons. The molecule has 0 fully saturated rings. The molecule has 3 aromatic rings. The number of hydrogen-bond acceptors (Lipinski definition) is 5. The quantitative estimate of drug-likeness (QED) is 0.612. The van der Waals surface area contributed by atoms with E-state index in [2.05, 4.69) is 10.3 Å². The molecule has 1 amide bonds. The zero-order valence-electron chi connectivity index (χ0n) is 13.7. The van der Waals surface area contributed by atoms with E-state index in [9.17, 15) is 4.79 Å². The highest BCUT2D eigenvalue weighted by molar-refractivity contribution is 7.14. The number of para-hydroxylation sites is 1. The SMILES string of the molecule is COc1ccccc1-c1csc(NC(=O)COc2ccc(Cl)cc2Cl)n1. The van der Waals surface area contributed by atoms with E-state index in [1.54, 1.807) is 25.3 Å². The van der Waals surface area contributed by atoms with Crippen LogP contribution in [0.2, 0.25) is 10.0 Å². The molecular weight excluding hydrogens is 395 g/mol. The van der Waals surface area contributed by atoms with Crippen LogP contribution in [0.5, 0.6) is 11.5 Å². The number of thiazole rings is 1. The van der Waals surface area contributed by atoms with E-state index in [0.29, 0.717) is 20.9 Å². The number of nitrogens with zero attached hydrogens (tertiary/aromatic N) is 1. The smallest absolute Gasteiger partial charge is 0.264 e. The molecule has 0 radical (unpaired) electrons. The topological polar surface area (TPSA) is 60.5 Å². The van der Waals surface area contributed by atoms with Gasteiger partial charge in [0.2, 0.25) is 0 Å². The van der Waals surface area contributed by atoms with Crippen LogP contribution >= 0.6 is 34.5 Å². The largest absolute Gasteiger partial charge is 0.496 e. The summed E-state index contributed by atoms with van der Waals surface area (Å²) in [5.41, 5.74) is 1.58. The van der Waals surface area contributed by atoms with Gasteiger partial charge < -0.3 is 9.47 Å². The predicted molar refractivity (Wildman–Crippen MR) is 105 cm³/mol. The van der Waals surface area contributed by atoms with Crippen LogP contribution in [0.3, 0.4) is 0 Å². The second kappa shape index (κ2) is 8.40. The Morgan fingerprint density at radius 2 is 2.00 bits per heavy atom. The van der Waals surface area contributed by atoms with Gasteiger partial charge in [0.25, 0.3) is 5.91 Å². The summed E-state index contributed by atoms with van der Waals surface area (Å²) >= 11 is 13.2. The van der Waals surface area contributed by atoms with E-state index >= 15 is 0 Å². The third-order valence-electron chi connectivity index (χ3n) is 3.39. The number of ether oxygens (including phenoxy) is 2. The maximum absolute atomic E-state index is 12.1. The molecule has 2 aromatic carbocycles. The van der Waals surface area contributed by atoms with E-state index in [4.69, 9.17) is 32.7 Å². The first-order valence-corrected chi connectivity index (χ1v) is 9.17. The number of nitrogens with one attached hydrogen (secondary N) is 1. The fourth-order valence-corrected chi connectivity index (χ4v) is 3.39. The van der Waals surface area contributed by atoms with Gasteiger partial charge in [-0.3, -0.25) is 10.1 Å². The summed E-state index contributed by atoms with van der Waals surface area (Å²) in [6, 6.07) is 12.4. The minimum Gasteiger partial charge on any atom is -0.496 e. The average Bonchev–Trinajstić information content (AvgIpc) is 3.09. The van der Waals surface area contributed by atoms with Crippen molar-refractivity contribution in [3.63, 3.8) is 0 Å². The van der Waals surface area contributed by atoms with Crippen LogP contribution in [0.4, 0.5) is 5.13 Å². The van der Waals surface area contributed by atoms with Gasteiger partial charge in [0.15, 0.2) is 11.7 Å². The lowest BCUT2D eigenvalue weighted by Crippen LogP contribution is -2.20. The number of halogens is 2. The summed E-state index contributed by atoms with van der Waals surface area (Å²) < 4.78 is 10.7. The molecule has 0 spiro atoms. The fraction of sp³-hybridized carbons (Fsp3) is 0.111. The lowest BCUT2D eigenvalue weighted by Gasteiger charge is -2.07. The third-order valence-corrected chi connectivity index (χ3v) is 4.67. The first kappa shape index (κ1) is 18.5. The van der Waals surface area contributed by atoms with Crippen LogP contribution in [-0.2, 0) is 4.79 Å². The standard InChI is InChI=1S/C18H14Cl2N2O3S/c1-24-15-5-3-2-4-12(15)14-10-26-18(21-14)22-17(23)9-25-16-7-6-11(19)8-13(16)20/h2-8,10H,9H2,1H3,(H,21,22,23). The minimum atomic E-state index is -0.336. The molecule has 0 unspecified atom stereocenters. The molecule has 0 saturated carbocycles. The molecule has 0 atom stereocenters. The molecule has 5 nitrogen and oxygen atoms in total. The molecule has 1 aromatic heterocycles. The van der Waals surface area contributed by atoms with E-state index in [1.807, 2.05) is 29.6 Å². The first-order chi connectivity index (χ1) is 12.6. The van der Waals surface area contributed by atoms with Crippen LogP contribution in [-0.4, -0.2) is 24.6 Å². The minimum absolute atomic E-state index is 0.190. The van der Waals surface area contributed by atoms with Gasteiger partial charge in [0.1, 0.15) is 11.5 Å². The molecule has 3 rings (SSSR count). The fourth-order valence-electron chi connectivity index (χ4n) is 2.20. The van der Waals surface area contributed by atoms with Crippen LogP contribution < -0.4 is 14.8 Å². The molecule has 8 heteroatoms. The number of benzene rings is 2. The van der Waals surface area contributed by atoms with Gasteiger partial charge in [0.05, 0.1) is 17.8 Å². The van der Waals surface area contributed by atoms with Crippen molar-refractivity contribution in [2.24, 2.45) is 0 Å². The van der Waals surface area contributed by atoms with Gasteiger partial charge in [-0.2, -0.15) is 0 Å². The van der Waals surface area contributed by atoms with Gasteiger partial charge in [-0.05, 0) is 30.3 Å². The summed E-state index contributed by atoms with van der Waals surface area (Å²) in [4.78, 5) is 16.5. The van der Waals surface area contributed by atoms with Crippen molar-refractivity contribution in [2.75, 3.05) is 19.0 Å². The summed E-state index contributed by atoms with van der Waals surface area (Å²) in [6.07, 6.45) is 0. The highest BCUT2D eigenvalue weighted by Gasteiger charge is 2.12. The summed E-state index contributed by atoms with van der Waals surface area (Å²) in [5, 5.41) is 5.87. The zero-order chi connectivity index (χ0) is 18.5. The molecule has 26 heavy (non-hydrogen) atoms. The summed E-state index contributed by atoms with van der Waals surface area (Å²) in [5.74, 6) is 0.772. The van der Waals surface area contributed by atoms with Crippen LogP contribution in [0.1, 0.15) is 0 Å². The maximum Gasteiger partial charge on any atom is 0.264 e. The Balaban J connectivity index is 1.62. The number of aromatic nitrogens is 1. The molecule has 0 bridgehead atoms. The van der Waals surface area contributed by atoms with Crippen molar-refractivity contribution in [1.29, 1.82) is 0 Å². The Hall–Kier alpha value is -2.28. The Kier molecular flexibility index (Phi) is 5.98. The van der Waals surface area contributed by atoms with Crippen molar-refractivity contribution in [3.05, 3.63) is 57.9 Å². The van der Waals surface area contributed by atoms with Crippen LogP contribution in [0, 0.1) is 0 Å². The Labute approximate surface area is 164 Å². The number of rotatable bonds is 6. The molecule has 0 saturated heterocycles. The average molecular weight is 409 g/mol. The Morgan fingerprint density at radius 1 is 1.19 bits per heavy atom. The van der Waals surface area contributed by atoms with Crippen molar-refractivity contribution in [1.82, 2.24) is 4.98 Å². The Morgan fingerprint density at radius 3 is 2.77 bits per heavy atom. The zero-order valence-corrected chi connectivity index (χ0v) is 16.0. The Bertz CT molecular complexity index is 930. The second-order valence-corrected chi connectivity index (χ2v) is 6.85. The van der Waals surface area contributed by atoms with Crippen LogP contribution in [0.25, 0.3) is 11.3 Å². The van der Waals surface area contributed by atoms with E-state index in [1.165, 1.54) is 11.3 Å². The van der Waals surface area contributed by atoms with Gasteiger partial charge in [-0.25, -0.2) is 4.98 Å². The number of hydrogen-bond donors (Lipinski definition) is 1. The number of carbonyl (C=O) groups is 1. The van der Waals surface area contributed by atoms with Crippen molar-refractivity contribution >= 4 is 45.6 Å². The number of anilines is 1. The predicted octanol–water partition coefficient (Wildman–Crippen LogP) is 5.14. The van der Waals surface area contributed by atoms with E-state index < -0.39 is 0 Å². The molecule has 0 aliphatic heterocycles. The van der Waals surface area contributed by atoms with Crippen molar-refractivity contribution in [2.45, 2.75) is 0 Å². The molecule has 0 aliphatic rings. The first-order valence-electron chi connectivity index (χ1n) is 7.53. The van der Waals surface area contributed by atoms with Gasteiger partial charge >= 0.3 is 0 Å². The van der Waals surface area contributed by atoms with Crippen molar-refractivity contribution < 1.29 is 14.3 Å². The van der Waals surface area contributed by atoms with Gasteiger partial charge in [0, 0.05) is 16.0 Å². The highest BCUT2D eigenvalue weighted by Crippen LogP contribution is 2.32. The normalized spacial score (nSPS) is 10.4. The van der Waals surface area contributed by atoms with E-state index in [0.717, 1.165) is 17.0 Å². The van der Waals surface area contributed by atoms with Crippen LogP contribution in [0.15, 0.2) is 47.8 Å². The summed E-state index contributed by atoms with van der Waals surface area (Å²) in [6.45, 7) is -0.190. The van der Waals surface area contributed by atoms with E-state index in [-0.39, 0.29) is 12.5 Å². The molecule has 0 aliphatic carbocycles. The third kappa shape index (κ3) is 4.46. The lowest BCUT2D eigenvalue weighted by molar-refractivity contribution is -0.118. The lowest BCUT2D eigenvalue weighted by atomic mass is 10.1.